The van der Waals surface area contributed by atoms with E-state index in [4.69, 9.17) is 4.74 Å². The van der Waals surface area contributed by atoms with E-state index < -0.39 is 22.0 Å². The van der Waals surface area contributed by atoms with E-state index in [1.807, 2.05) is 31.4 Å². The van der Waals surface area contributed by atoms with E-state index in [-0.39, 0.29) is 4.90 Å². The van der Waals surface area contributed by atoms with E-state index in [0.29, 0.717) is 18.0 Å². The van der Waals surface area contributed by atoms with Crippen LogP contribution in [0.1, 0.15) is 13.8 Å². The summed E-state index contributed by atoms with van der Waals surface area (Å²) >= 11 is 1.56. The lowest BCUT2D eigenvalue weighted by Gasteiger charge is -2.15. The molecule has 0 radical (unpaired) electrons. The molecule has 26 heavy (non-hydrogen) atoms. The molecule has 0 fully saturated rings. The third-order valence-corrected chi connectivity index (χ3v) is 5.79. The number of anilines is 1. The highest BCUT2D eigenvalue weighted by Gasteiger charge is 2.22. The van der Waals surface area contributed by atoms with Crippen LogP contribution in [0.2, 0.25) is 0 Å². The first-order chi connectivity index (χ1) is 12.4. The highest BCUT2D eigenvalue weighted by Crippen LogP contribution is 2.19. The molecule has 0 unspecified atom stereocenters. The number of sulfonamides is 1. The van der Waals surface area contributed by atoms with E-state index in [0.717, 1.165) is 4.90 Å². The molecule has 0 aliphatic heterocycles. The SMILES string of the molecule is CCOc1ccc(S(=O)(=O)N[C@@H](C)C(=O)Nc2cccc(SC)c2)cc1. The molecule has 2 N–H and O–H groups in total. The first kappa shape index (κ1) is 20.3. The highest BCUT2D eigenvalue weighted by atomic mass is 32.2. The van der Waals surface area contributed by atoms with E-state index in [1.165, 1.54) is 19.1 Å². The standard InChI is InChI=1S/C18H22N2O4S2/c1-4-24-15-8-10-17(11-9-15)26(22,23)20-13(2)18(21)19-14-6-5-7-16(12-14)25-3/h5-13,20H,4H2,1-3H3,(H,19,21)/t13-/m0/s1. The predicted octanol–water partition coefficient (Wildman–Crippen LogP) is 3.11. The molecule has 0 aromatic heterocycles. The number of nitrogens with one attached hydrogen (secondary N) is 2. The average Bonchev–Trinajstić information content (AvgIpc) is 2.62. The van der Waals surface area contributed by atoms with Gasteiger partial charge in [0.05, 0.1) is 17.5 Å². The number of carbonyl (C=O) groups is 1. The van der Waals surface area contributed by atoms with Gasteiger partial charge in [0.2, 0.25) is 15.9 Å². The smallest absolute Gasteiger partial charge is 0.242 e. The Morgan fingerprint density at radius 1 is 1.19 bits per heavy atom. The number of rotatable bonds is 8. The van der Waals surface area contributed by atoms with Crippen LogP contribution in [-0.2, 0) is 14.8 Å². The number of amides is 1. The summed E-state index contributed by atoms with van der Waals surface area (Å²) in [5, 5.41) is 2.72. The van der Waals surface area contributed by atoms with Crippen LogP contribution in [0.15, 0.2) is 58.3 Å². The normalized spacial score (nSPS) is 12.4. The maximum atomic E-state index is 12.4. The summed E-state index contributed by atoms with van der Waals surface area (Å²) in [6, 6.07) is 12.5. The fourth-order valence-electron chi connectivity index (χ4n) is 2.19. The van der Waals surface area contributed by atoms with E-state index in [9.17, 15) is 13.2 Å². The van der Waals surface area contributed by atoms with Gasteiger partial charge in [-0.1, -0.05) is 6.07 Å². The van der Waals surface area contributed by atoms with Crippen molar-refractivity contribution >= 4 is 33.4 Å². The molecule has 140 valence electrons. The van der Waals surface area contributed by atoms with Crippen LogP contribution in [0.5, 0.6) is 5.75 Å². The van der Waals surface area contributed by atoms with Crippen LogP contribution >= 0.6 is 11.8 Å². The number of thioether (sulfide) groups is 1. The van der Waals surface area contributed by atoms with Gasteiger partial charge < -0.3 is 10.1 Å². The Balaban J connectivity index is 2.04. The van der Waals surface area contributed by atoms with Crippen molar-refractivity contribution in [3.63, 3.8) is 0 Å². The van der Waals surface area contributed by atoms with Gasteiger partial charge in [-0.3, -0.25) is 4.79 Å². The Hall–Kier alpha value is -2.03. The van der Waals surface area contributed by atoms with Crippen molar-refractivity contribution < 1.29 is 17.9 Å². The van der Waals surface area contributed by atoms with Crippen LogP contribution in [-0.4, -0.2) is 33.2 Å². The maximum absolute atomic E-state index is 12.4. The molecule has 2 aromatic rings. The summed E-state index contributed by atoms with van der Waals surface area (Å²) in [5.74, 6) is 0.156. The molecular weight excluding hydrogens is 372 g/mol. The zero-order chi connectivity index (χ0) is 19.2. The van der Waals surface area contributed by atoms with Gasteiger partial charge >= 0.3 is 0 Å². The summed E-state index contributed by atoms with van der Waals surface area (Å²) in [6.07, 6.45) is 1.94. The molecule has 1 amide bonds. The summed E-state index contributed by atoms with van der Waals surface area (Å²) in [6.45, 7) is 3.85. The molecule has 1 atom stereocenters. The van der Waals surface area contributed by atoms with Gasteiger partial charge in [-0.05, 0) is 62.6 Å². The molecule has 0 bridgehead atoms. The number of ether oxygens (including phenoxy) is 1. The van der Waals surface area contributed by atoms with E-state index >= 15 is 0 Å². The van der Waals surface area contributed by atoms with Crippen molar-refractivity contribution in [1.82, 2.24) is 4.72 Å². The van der Waals surface area contributed by atoms with Crippen molar-refractivity contribution in [3.05, 3.63) is 48.5 Å². The number of benzene rings is 2. The van der Waals surface area contributed by atoms with Gasteiger partial charge in [0.15, 0.2) is 0 Å². The molecule has 0 saturated carbocycles. The zero-order valence-electron chi connectivity index (χ0n) is 14.9. The first-order valence-corrected chi connectivity index (χ1v) is 10.8. The predicted molar refractivity (Wildman–Crippen MR) is 104 cm³/mol. The van der Waals surface area contributed by atoms with Crippen molar-refractivity contribution in [2.24, 2.45) is 0 Å². The van der Waals surface area contributed by atoms with Crippen molar-refractivity contribution in [2.45, 2.75) is 29.7 Å². The van der Waals surface area contributed by atoms with Gasteiger partial charge in [-0.2, -0.15) is 4.72 Å². The van der Waals surface area contributed by atoms with Crippen LogP contribution < -0.4 is 14.8 Å². The van der Waals surface area contributed by atoms with Gasteiger partial charge in [0.25, 0.3) is 0 Å². The van der Waals surface area contributed by atoms with Gasteiger partial charge in [-0.25, -0.2) is 8.42 Å². The molecule has 2 aromatic carbocycles. The van der Waals surface area contributed by atoms with Crippen LogP contribution in [0.3, 0.4) is 0 Å². The fourth-order valence-corrected chi connectivity index (χ4v) is 3.85. The minimum Gasteiger partial charge on any atom is -0.494 e. The Morgan fingerprint density at radius 2 is 1.88 bits per heavy atom. The molecule has 8 heteroatoms. The Kier molecular flexibility index (Phi) is 7.07. The van der Waals surface area contributed by atoms with Gasteiger partial charge in [0, 0.05) is 10.6 Å². The lowest BCUT2D eigenvalue weighted by Crippen LogP contribution is -2.41. The monoisotopic (exact) mass is 394 g/mol. The largest absolute Gasteiger partial charge is 0.494 e. The second-order valence-corrected chi connectivity index (χ2v) is 8.06. The fraction of sp³-hybridized carbons (Fsp3) is 0.278. The second-order valence-electron chi connectivity index (χ2n) is 5.47. The Labute approximate surface area is 158 Å². The minimum absolute atomic E-state index is 0.0741. The van der Waals surface area contributed by atoms with Gasteiger partial charge in [0.1, 0.15) is 5.75 Å². The maximum Gasteiger partial charge on any atom is 0.242 e. The van der Waals surface area contributed by atoms with Crippen molar-refractivity contribution in [2.75, 3.05) is 18.2 Å². The summed E-state index contributed by atoms with van der Waals surface area (Å²) in [7, 11) is -3.81. The molecule has 6 nitrogen and oxygen atoms in total. The molecular formula is C18H22N2O4S2. The van der Waals surface area contributed by atoms with Gasteiger partial charge in [-0.15, -0.1) is 11.8 Å². The minimum atomic E-state index is -3.81. The van der Waals surface area contributed by atoms with Crippen LogP contribution in [0.25, 0.3) is 0 Å². The first-order valence-electron chi connectivity index (χ1n) is 8.06. The van der Waals surface area contributed by atoms with E-state index in [1.54, 1.807) is 30.0 Å². The molecule has 2 rings (SSSR count). The third kappa shape index (κ3) is 5.48. The molecule has 0 saturated heterocycles. The van der Waals surface area contributed by atoms with Crippen LogP contribution in [0.4, 0.5) is 5.69 Å². The van der Waals surface area contributed by atoms with Crippen molar-refractivity contribution in [1.29, 1.82) is 0 Å². The number of carbonyl (C=O) groups excluding carboxylic acids is 1. The lowest BCUT2D eigenvalue weighted by atomic mass is 10.3. The highest BCUT2D eigenvalue weighted by molar-refractivity contribution is 7.98. The molecule has 0 heterocycles. The quantitative estimate of drug-likeness (QED) is 0.672. The third-order valence-electron chi connectivity index (χ3n) is 3.51. The number of hydrogen-bond donors (Lipinski definition) is 2. The summed E-state index contributed by atoms with van der Waals surface area (Å²) < 4.78 is 32.6. The Morgan fingerprint density at radius 3 is 2.50 bits per heavy atom. The second kappa shape index (κ2) is 9.07. The van der Waals surface area contributed by atoms with Crippen molar-refractivity contribution in [3.8, 4) is 5.75 Å². The Bertz CT molecular complexity index is 852. The summed E-state index contributed by atoms with van der Waals surface area (Å²) in [4.78, 5) is 13.4. The van der Waals surface area contributed by atoms with E-state index in [2.05, 4.69) is 10.0 Å². The molecule has 0 aliphatic carbocycles. The molecule has 0 spiro atoms. The number of hydrogen-bond acceptors (Lipinski definition) is 5. The summed E-state index contributed by atoms with van der Waals surface area (Å²) in [5.41, 5.74) is 0.619. The zero-order valence-corrected chi connectivity index (χ0v) is 16.5. The topological polar surface area (TPSA) is 84.5 Å². The molecule has 0 aliphatic rings. The average molecular weight is 395 g/mol. The van der Waals surface area contributed by atoms with Crippen LogP contribution in [0, 0.1) is 0 Å². The lowest BCUT2D eigenvalue weighted by molar-refractivity contribution is -0.117.